The van der Waals surface area contributed by atoms with E-state index in [9.17, 15) is 9.59 Å². The predicted octanol–water partition coefficient (Wildman–Crippen LogP) is 2.73. The van der Waals surface area contributed by atoms with Gasteiger partial charge in [-0.25, -0.2) is 0 Å². The van der Waals surface area contributed by atoms with E-state index in [0.29, 0.717) is 22.7 Å². The molecule has 1 unspecified atom stereocenters. The Bertz CT molecular complexity index is 712. The Labute approximate surface area is 140 Å². The van der Waals surface area contributed by atoms with Gasteiger partial charge in [-0.2, -0.15) is 0 Å². The van der Waals surface area contributed by atoms with Gasteiger partial charge < -0.3 is 19.9 Å². The quantitative estimate of drug-likeness (QED) is 0.816. The number of ether oxygens (including phenoxy) is 2. The molecule has 126 valence electrons. The van der Waals surface area contributed by atoms with Crippen LogP contribution in [0.2, 0.25) is 0 Å². The maximum absolute atomic E-state index is 12.2. The Kier molecular flexibility index (Phi) is 5.78. The Balaban J connectivity index is 1.94. The Hall–Kier alpha value is -3.02. The molecule has 6 nitrogen and oxygen atoms in total. The highest BCUT2D eigenvalue weighted by molar-refractivity contribution is 5.94. The lowest BCUT2D eigenvalue weighted by atomic mass is 10.1. The van der Waals surface area contributed by atoms with Crippen LogP contribution in [0.5, 0.6) is 11.5 Å². The first-order valence-corrected chi connectivity index (χ1v) is 7.40. The molecule has 0 heterocycles. The van der Waals surface area contributed by atoms with Gasteiger partial charge in [-0.3, -0.25) is 9.59 Å². The van der Waals surface area contributed by atoms with Crippen LogP contribution in [0, 0.1) is 0 Å². The molecule has 0 aliphatic carbocycles. The van der Waals surface area contributed by atoms with Crippen LogP contribution in [-0.2, 0) is 16.0 Å². The molecule has 1 atom stereocenters. The van der Waals surface area contributed by atoms with Gasteiger partial charge in [0, 0.05) is 11.8 Å². The molecular weight excluding hydrogens is 310 g/mol. The monoisotopic (exact) mass is 329 g/mol. The summed E-state index contributed by atoms with van der Waals surface area (Å²) in [5.41, 5.74) is 1.25. The minimum atomic E-state index is -0.896. The molecule has 0 fully saturated rings. The third-order valence-corrected chi connectivity index (χ3v) is 3.30. The molecule has 0 aromatic heterocycles. The van der Waals surface area contributed by atoms with Gasteiger partial charge >= 0.3 is 5.97 Å². The van der Waals surface area contributed by atoms with Crippen molar-refractivity contribution in [2.75, 3.05) is 12.4 Å². The zero-order valence-electron chi connectivity index (χ0n) is 13.5. The molecule has 0 spiro atoms. The van der Waals surface area contributed by atoms with E-state index in [0.717, 1.165) is 0 Å². The van der Waals surface area contributed by atoms with Crippen molar-refractivity contribution >= 4 is 17.6 Å². The summed E-state index contributed by atoms with van der Waals surface area (Å²) < 4.78 is 10.7. The minimum absolute atomic E-state index is 0.0520. The summed E-state index contributed by atoms with van der Waals surface area (Å²) in [5.74, 6) is -0.0150. The number of methoxy groups -OCH3 is 1. The first kappa shape index (κ1) is 17.3. The van der Waals surface area contributed by atoms with Crippen molar-refractivity contribution in [3.63, 3.8) is 0 Å². The summed E-state index contributed by atoms with van der Waals surface area (Å²) in [5, 5.41) is 11.5. The lowest BCUT2D eigenvalue weighted by molar-refractivity contribution is -0.136. The van der Waals surface area contributed by atoms with Crippen LogP contribution < -0.4 is 14.8 Å². The van der Waals surface area contributed by atoms with Crippen LogP contribution in [0.3, 0.4) is 0 Å². The number of carbonyl (C=O) groups is 2. The first-order chi connectivity index (χ1) is 11.5. The highest BCUT2D eigenvalue weighted by Crippen LogP contribution is 2.20. The van der Waals surface area contributed by atoms with Crippen molar-refractivity contribution in [1.29, 1.82) is 0 Å². The second-order valence-electron chi connectivity index (χ2n) is 5.20. The van der Waals surface area contributed by atoms with E-state index in [2.05, 4.69) is 5.32 Å². The van der Waals surface area contributed by atoms with Gasteiger partial charge in [-0.05, 0) is 36.8 Å². The molecule has 2 N–H and O–H groups in total. The number of carboxylic acid groups (broad SMARTS) is 1. The van der Waals surface area contributed by atoms with Gasteiger partial charge in [0.1, 0.15) is 11.5 Å². The fourth-order valence-corrected chi connectivity index (χ4v) is 2.06. The van der Waals surface area contributed by atoms with E-state index in [1.54, 1.807) is 62.6 Å². The summed E-state index contributed by atoms with van der Waals surface area (Å²) in [6, 6.07) is 13.7. The van der Waals surface area contributed by atoms with Crippen LogP contribution in [0.4, 0.5) is 5.69 Å². The van der Waals surface area contributed by atoms with Crippen LogP contribution in [0.25, 0.3) is 0 Å². The second kappa shape index (κ2) is 8.01. The second-order valence-corrected chi connectivity index (χ2v) is 5.20. The highest BCUT2D eigenvalue weighted by Gasteiger charge is 2.15. The summed E-state index contributed by atoms with van der Waals surface area (Å²) in [4.78, 5) is 22.8. The van der Waals surface area contributed by atoms with E-state index in [4.69, 9.17) is 14.6 Å². The van der Waals surface area contributed by atoms with Gasteiger partial charge in [-0.15, -0.1) is 0 Å². The largest absolute Gasteiger partial charge is 0.497 e. The maximum atomic E-state index is 12.2. The summed E-state index contributed by atoms with van der Waals surface area (Å²) >= 11 is 0. The molecular formula is C18H19NO5. The predicted molar refractivity (Wildman–Crippen MR) is 89.5 cm³/mol. The Morgan fingerprint density at radius 2 is 1.79 bits per heavy atom. The zero-order valence-corrected chi connectivity index (χ0v) is 13.5. The number of benzene rings is 2. The number of aliphatic carboxylic acids is 1. The molecule has 1 amide bonds. The fourth-order valence-electron chi connectivity index (χ4n) is 2.06. The number of nitrogens with one attached hydrogen (secondary N) is 1. The van der Waals surface area contributed by atoms with Crippen molar-refractivity contribution in [2.24, 2.45) is 0 Å². The van der Waals surface area contributed by atoms with Gasteiger partial charge in [0.2, 0.25) is 0 Å². The third-order valence-electron chi connectivity index (χ3n) is 3.30. The molecule has 6 heteroatoms. The Morgan fingerprint density at radius 1 is 1.12 bits per heavy atom. The topological polar surface area (TPSA) is 84.9 Å². The maximum Gasteiger partial charge on any atom is 0.307 e. The summed E-state index contributed by atoms with van der Waals surface area (Å²) in [6.07, 6.45) is -0.750. The van der Waals surface area contributed by atoms with E-state index >= 15 is 0 Å². The summed E-state index contributed by atoms with van der Waals surface area (Å²) in [7, 11) is 1.56. The van der Waals surface area contributed by atoms with Gasteiger partial charge in [-0.1, -0.05) is 18.2 Å². The van der Waals surface area contributed by atoms with Crippen LogP contribution in [0.15, 0.2) is 48.5 Å². The normalized spacial score (nSPS) is 11.4. The molecule has 2 aromatic rings. The number of rotatable bonds is 7. The van der Waals surface area contributed by atoms with E-state index in [-0.39, 0.29) is 12.3 Å². The number of carboxylic acids is 1. The standard InChI is InChI=1S/C18H19NO5/c1-12(24-16-5-3-4-15(11-16)23-2)18(22)19-14-8-6-13(7-9-14)10-17(20)21/h3-9,11-12H,10H2,1-2H3,(H,19,22)(H,20,21). The first-order valence-electron chi connectivity index (χ1n) is 7.40. The van der Waals surface area contributed by atoms with Crippen molar-refractivity contribution < 1.29 is 24.2 Å². The lowest BCUT2D eigenvalue weighted by Gasteiger charge is -2.15. The van der Waals surface area contributed by atoms with Crippen LogP contribution in [0.1, 0.15) is 12.5 Å². The Morgan fingerprint density at radius 3 is 2.42 bits per heavy atom. The number of hydrogen-bond acceptors (Lipinski definition) is 4. The molecule has 0 aliphatic rings. The van der Waals surface area contributed by atoms with Crippen molar-refractivity contribution in [3.8, 4) is 11.5 Å². The molecule has 0 saturated carbocycles. The van der Waals surface area contributed by atoms with E-state index < -0.39 is 12.1 Å². The molecule has 0 saturated heterocycles. The van der Waals surface area contributed by atoms with E-state index in [1.165, 1.54) is 0 Å². The third kappa shape index (κ3) is 5.01. The number of anilines is 1. The average Bonchev–Trinajstić information content (AvgIpc) is 2.56. The van der Waals surface area contributed by atoms with Gasteiger partial charge in [0.05, 0.1) is 13.5 Å². The molecule has 0 aliphatic heterocycles. The minimum Gasteiger partial charge on any atom is -0.497 e. The number of carbonyl (C=O) groups excluding carboxylic acids is 1. The van der Waals surface area contributed by atoms with Gasteiger partial charge in [0.25, 0.3) is 5.91 Å². The molecule has 0 radical (unpaired) electrons. The van der Waals surface area contributed by atoms with E-state index in [1.807, 2.05) is 0 Å². The molecule has 24 heavy (non-hydrogen) atoms. The fraction of sp³-hybridized carbons (Fsp3) is 0.222. The smallest absolute Gasteiger partial charge is 0.307 e. The molecule has 2 rings (SSSR count). The molecule has 0 bridgehead atoms. The van der Waals surface area contributed by atoms with Crippen molar-refractivity contribution in [1.82, 2.24) is 0 Å². The SMILES string of the molecule is COc1cccc(OC(C)C(=O)Nc2ccc(CC(=O)O)cc2)c1. The van der Waals surface area contributed by atoms with Gasteiger partial charge in [0.15, 0.2) is 6.10 Å². The average molecular weight is 329 g/mol. The lowest BCUT2D eigenvalue weighted by Crippen LogP contribution is -2.30. The molecule has 2 aromatic carbocycles. The van der Waals surface area contributed by atoms with Crippen molar-refractivity contribution in [2.45, 2.75) is 19.4 Å². The van der Waals surface area contributed by atoms with Crippen molar-refractivity contribution in [3.05, 3.63) is 54.1 Å². The highest BCUT2D eigenvalue weighted by atomic mass is 16.5. The number of hydrogen-bond donors (Lipinski definition) is 2. The number of amides is 1. The van der Waals surface area contributed by atoms with Crippen LogP contribution in [-0.4, -0.2) is 30.2 Å². The van der Waals surface area contributed by atoms with Crippen LogP contribution >= 0.6 is 0 Å². The summed E-state index contributed by atoms with van der Waals surface area (Å²) in [6.45, 7) is 1.65. The zero-order chi connectivity index (χ0) is 17.5.